The van der Waals surface area contributed by atoms with Gasteiger partial charge in [-0.3, -0.25) is 4.99 Å². The molecule has 0 saturated heterocycles. The molecule has 0 aromatic heterocycles. The summed E-state index contributed by atoms with van der Waals surface area (Å²) in [7, 11) is 3.40. The maximum atomic E-state index is 6.30. The number of hydrogen-bond acceptors (Lipinski definition) is 3. The molecule has 1 saturated carbocycles. The number of methoxy groups -OCH3 is 1. The first kappa shape index (κ1) is 17.7. The van der Waals surface area contributed by atoms with Crippen LogP contribution in [0.3, 0.4) is 0 Å². The molecule has 5 nitrogen and oxygen atoms in total. The van der Waals surface area contributed by atoms with Gasteiger partial charge >= 0.3 is 0 Å². The molecule has 1 fully saturated rings. The Morgan fingerprint density at radius 3 is 2.70 bits per heavy atom. The van der Waals surface area contributed by atoms with Crippen molar-refractivity contribution >= 4 is 17.6 Å². The highest BCUT2D eigenvalue weighted by Crippen LogP contribution is 2.36. The van der Waals surface area contributed by atoms with Gasteiger partial charge in [0.25, 0.3) is 0 Å². The molecule has 0 aliphatic heterocycles. The van der Waals surface area contributed by atoms with Crippen molar-refractivity contribution in [3.63, 3.8) is 0 Å². The molecule has 6 heteroatoms. The van der Waals surface area contributed by atoms with Crippen LogP contribution in [0, 0.1) is 0 Å². The molecule has 0 radical (unpaired) electrons. The minimum absolute atomic E-state index is 0.527. The minimum Gasteiger partial charge on any atom is -0.493 e. The fraction of sp³-hybridized carbons (Fsp3) is 0.588. The molecule has 0 heterocycles. The number of ether oxygens (including phenoxy) is 2. The Bertz CT molecular complexity index is 543. The van der Waals surface area contributed by atoms with Crippen LogP contribution < -0.4 is 20.1 Å². The van der Waals surface area contributed by atoms with E-state index in [9.17, 15) is 0 Å². The highest BCUT2D eigenvalue weighted by Gasteiger charge is 2.16. The molecule has 0 bridgehead atoms. The predicted octanol–water partition coefficient (Wildman–Crippen LogP) is 3.35. The van der Waals surface area contributed by atoms with Crippen molar-refractivity contribution in [1.82, 2.24) is 10.6 Å². The molecule has 1 aromatic carbocycles. The van der Waals surface area contributed by atoms with Crippen LogP contribution >= 0.6 is 11.6 Å². The van der Waals surface area contributed by atoms with E-state index in [4.69, 9.17) is 21.1 Å². The molecule has 0 amide bonds. The first-order valence-electron chi connectivity index (χ1n) is 8.14. The normalized spacial score (nSPS) is 15.6. The Labute approximate surface area is 143 Å². The summed E-state index contributed by atoms with van der Waals surface area (Å²) in [5, 5.41) is 7.34. The second-order valence-electron chi connectivity index (χ2n) is 5.59. The molecule has 0 atom stereocenters. The number of halogens is 1. The Morgan fingerprint density at radius 2 is 2.09 bits per heavy atom. The maximum absolute atomic E-state index is 6.30. The van der Waals surface area contributed by atoms with E-state index in [-0.39, 0.29) is 0 Å². The van der Waals surface area contributed by atoms with Crippen molar-refractivity contribution in [3.8, 4) is 11.5 Å². The van der Waals surface area contributed by atoms with Gasteiger partial charge < -0.3 is 20.1 Å². The summed E-state index contributed by atoms with van der Waals surface area (Å²) in [5.41, 5.74) is 1.02. The average molecular weight is 340 g/mol. The highest BCUT2D eigenvalue weighted by molar-refractivity contribution is 6.32. The van der Waals surface area contributed by atoms with E-state index in [1.54, 1.807) is 14.2 Å². The molecule has 1 aliphatic carbocycles. The Morgan fingerprint density at radius 1 is 1.35 bits per heavy atom. The van der Waals surface area contributed by atoms with Gasteiger partial charge in [0, 0.05) is 19.6 Å². The Kier molecular flexibility index (Phi) is 6.84. The monoisotopic (exact) mass is 339 g/mol. The fourth-order valence-corrected chi connectivity index (χ4v) is 3.09. The van der Waals surface area contributed by atoms with Crippen LogP contribution in [-0.4, -0.2) is 32.8 Å². The number of benzene rings is 1. The first-order chi connectivity index (χ1) is 11.2. The van der Waals surface area contributed by atoms with Crippen LogP contribution in [0.2, 0.25) is 5.02 Å². The molecule has 0 unspecified atom stereocenters. The minimum atomic E-state index is 0.527. The summed E-state index contributed by atoms with van der Waals surface area (Å²) in [6.07, 6.45) is 5.01. The van der Waals surface area contributed by atoms with Crippen LogP contribution in [0.1, 0.15) is 38.2 Å². The van der Waals surface area contributed by atoms with Gasteiger partial charge in [-0.15, -0.1) is 0 Å². The third-order valence-electron chi connectivity index (χ3n) is 3.96. The molecular formula is C17H26ClN3O2. The third-order valence-corrected chi connectivity index (χ3v) is 4.24. The zero-order valence-electron chi connectivity index (χ0n) is 14.1. The van der Waals surface area contributed by atoms with E-state index in [0.717, 1.165) is 11.5 Å². The van der Waals surface area contributed by atoms with Gasteiger partial charge in [0.15, 0.2) is 17.5 Å². The summed E-state index contributed by atoms with van der Waals surface area (Å²) in [6, 6.07) is 4.36. The number of nitrogens with one attached hydrogen (secondary N) is 2. The van der Waals surface area contributed by atoms with E-state index in [1.807, 2.05) is 19.1 Å². The molecule has 2 N–H and O–H groups in total. The smallest absolute Gasteiger partial charge is 0.191 e. The molecule has 2 rings (SSSR count). The van der Waals surface area contributed by atoms with Gasteiger partial charge in [0.05, 0.1) is 18.7 Å². The van der Waals surface area contributed by atoms with Crippen molar-refractivity contribution in [1.29, 1.82) is 0 Å². The Hall–Kier alpha value is -1.62. The summed E-state index contributed by atoms with van der Waals surface area (Å²) in [4.78, 5) is 4.28. The molecule has 128 valence electrons. The van der Waals surface area contributed by atoms with Gasteiger partial charge in [-0.05, 0) is 37.5 Å². The third kappa shape index (κ3) is 4.93. The number of hydrogen-bond donors (Lipinski definition) is 2. The number of aliphatic imine (C=N–C) groups is 1. The lowest BCUT2D eigenvalue weighted by atomic mass is 10.2. The van der Waals surface area contributed by atoms with E-state index in [0.29, 0.717) is 35.7 Å². The molecule has 0 spiro atoms. The molecule has 23 heavy (non-hydrogen) atoms. The lowest BCUT2D eigenvalue weighted by molar-refractivity contribution is 0.311. The van der Waals surface area contributed by atoms with Crippen LogP contribution in [0.5, 0.6) is 11.5 Å². The van der Waals surface area contributed by atoms with Crippen LogP contribution in [-0.2, 0) is 6.54 Å². The predicted molar refractivity (Wildman–Crippen MR) is 94.8 cm³/mol. The summed E-state index contributed by atoms with van der Waals surface area (Å²) < 4.78 is 10.9. The maximum Gasteiger partial charge on any atom is 0.191 e. The second kappa shape index (κ2) is 8.87. The lowest BCUT2D eigenvalue weighted by Gasteiger charge is -2.18. The number of guanidine groups is 1. The van der Waals surface area contributed by atoms with Crippen LogP contribution in [0.15, 0.2) is 17.1 Å². The SMILES string of the molecule is CCOc1c(Cl)cc(CNC(=NC)NC2CCCC2)cc1OC. The van der Waals surface area contributed by atoms with E-state index >= 15 is 0 Å². The summed E-state index contributed by atoms with van der Waals surface area (Å²) in [6.45, 7) is 3.09. The fourth-order valence-electron chi connectivity index (χ4n) is 2.80. The molecule has 1 aliphatic rings. The van der Waals surface area contributed by atoms with Crippen LogP contribution in [0.4, 0.5) is 0 Å². The number of nitrogens with zero attached hydrogens (tertiary/aromatic N) is 1. The van der Waals surface area contributed by atoms with Gasteiger partial charge in [0.1, 0.15) is 0 Å². The second-order valence-corrected chi connectivity index (χ2v) is 6.00. The number of rotatable bonds is 6. The van der Waals surface area contributed by atoms with Crippen molar-refractivity contribution in [2.45, 2.75) is 45.2 Å². The molecular weight excluding hydrogens is 314 g/mol. The largest absolute Gasteiger partial charge is 0.493 e. The van der Waals surface area contributed by atoms with Crippen molar-refractivity contribution in [2.24, 2.45) is 4.99 Å². The van der Waals surface area contributed by atoms with Crippen molar-refractivity contribution < 1.29 is 9.47 Å². The topological polar surface area (TPSA) is 54.9 Å². The highest BCUT2D eigenvalue weighted by atomic mass is 35.5. The zero-order valence-corrected chi connectivity index (χ0v) is 14.9. The van der Waals surface area contributed by atoms with E-state index < -0.39 is 0 Å². The quantitative estimate of drug-likeness (QED) is 0.616. The lowest BCUT2D eigenvalue weighted by Crippen LogP contribution is -2.41. The van der Waals surface area contributed by atoms with Gasteiger partial charge in [-0.25, -0.2) is 0 Å². The van der Waals surface area contributed by atoms with Gasteiger partial charge in [0.2, 0.25) is 0 Å². The summed E-state index contributed by atoms with van der Waals surface area (Å²) >= 11 is 6.30. The van der Waals surface area contributed by atoms with Crippen LogP contribution in [0.25, 0.3) is 0 Å². The average Bonchev–Trinajstić information content (AvgIpc) is 3.06. The van der Waals surface area contributed by atoms with E-state index in [1.165, 1.54) is 25.7 Å². The standard InChI is InChI=1S/C17H26ClN3O2/c1-4-23-16-14(18)9-12(10-15(16)22-3)11-20-17(19-2)21-13-7-5-6-8-13/h9-10,13H,4-8,11H2,1-3H3,(H2,19,20,21). The van der Waals surface area contributed by atoms with Crippen molar-refractivity contribution in [3.05, 3.63) is 22.7 Å². The van der Waals surface area contributed by atoms with Gasteiger partial charge in [-0.1, -0.05) is 24.4 Å². The van der Waals surface area contributed by atoms with E-state index in [2.05, 4.69) is 15.6 Å². The molecule has 1 aromatic rings. The summed E-state index contributed by atoms with van der Waals surface area (Å²) in [5.74, 6) is 2.06. The first-order valence-corrected chi connectivity index (χ1v) is 8.52. The Balaban J connectivity index is 2.00. The van der Waals surface area contributed by atoms with Crippen molar-refractivity contribution in [2.75, 3.05) is 20.8 Å². The zero-order chi connectivity index (χ0) is 16.7. The van der Waals surface area contributed by atoms with Gasteiger partial charge in [-0.2, -0.15) is 0 Å².